The number of anilines is 2. The molecule has 2 heterocycles. The molecule has 0 bridgehead atoms. The van der Waals surface area contributed by atoms with E-state index in [1.807, 2.05) is 0 Å². The fourth-order valence-corrected chi connectivity index (χ4v) is 5.70. The van der Waals surface area contributed by atoms with E-state index in [2.05, 4.69) is 15.5 Å². The van der Waals surface area contributed by atoms with Crippen LogP contribution in [0.1, 0.15) is 47.3 Å². The van der Waals surface area contributed by atoms with Crippen molar-refractivity contribution in [1.82, 2.24) is 10.2 Å². The third-order valence-electron chi connectivity index (χ3n) is 7.18. The summed E-state index contributed by atoms with van der Waals surface area (Å²) >= 11 is 7.13. The molecule has 1 atom stereocenters. The van der Waals surface area contributed by atoms with Crippen LogP contribution in [0.25, 0.3) is 0 Å². The average Bonchev–Trinajstić information content (AvgIpc) is 3.85. The lowest BCUT2D eigenvalue weighted by atomic mass is 10.1. The molecule has 0 unspecified atom stereocenters. The van der Waals surface area contributed by atoms with Crippen LogP contribution in [0.4, 0.5) is 20.2 Å². The van der Waals surface area contributed by atoms with E-state index in [-0.39, 0.29) is 55.1 Å². The third-order valence-corrected chi connectivity index (χ3v) is 8.41. The average molecular weight is 581 g/mol. The number of hydrogen-bond donors (Lipinski definition) is 2. The molecule has 0 spiro atoms. The Balaban J connectivity index is 1.34. The number of morpholine rings is 1. The van der Waals surface area contributed by atoms with Crippen LogP contribution >= 0.6 is 22.9 Å². The van der Waals surface area contributed by atoms with Crippen molar-refractivity contribution in [3.05, 3.63) is 45.1 Å². The van der Waals surface area contributed by atoms with Crippen molar-refractivity contribution in [3.63, 3.8) is 0 Å². The predicted octanol–water partition coefficient (Wildman–Crippen LogP) is 4.56. The summed E-state index contributed by atoms with van der Waals surface area (Å²) in [6.07, 6.45) is 1.58. The van der Waals surface area contributed by atoms with E-state index in [0.717, 1.165) is 50.1 Å². The van der Waals surface area contributed by atoms with Crippen LogP contribution in [-0.2, 0) is 14.3 Å². The number of carbonyl (C=O) groups is 3. The van der Waals surface area contributed by atoms with Gasteiger partial charge in [0.1, 0.15) is 12.6 Å². The zero-order chi connectivity index (χ0) is 27.5. The van der Waals surface area contributed by atoms with Crippen molar-refractivity contribution in [2.75, 3.05) is 49.6 Å². The maximum absolute atomic E-state index is 14.0. The van der Waals surface area contributed by atoms with Crippen LogP contribution in [-0.4, -0.2) is 68.1 Å². The summed E-state index contributed by atoms with van der Waals surface area (Å²) in [5.41, 5.74) is -0.0203. The fraction of sp³-hybridized carbons (Fsp3) is 0.519. The van der Waals surface area contributed by atoms with E-state index in [0.29, 0.717) is 21.0 Å². The standard InChI is InChI=1S/C27H31ClF2N4O4S/c28-23-8-7-22(39-23)27(37)31-12-21(33(13-16-1-2-16)14-17-3-4-17)26(36)32-18-5-6-20(19(11-18)25(29)30)34-9-10-38-15-24(34)35/h5-8,11,16-17,21,25H,1-4,9-10,12-15H2,(H,31,37)(H,32,36)/t21-/m0/s1. The van der Waals surface area contributed by atoms with Gasteiger partial charge in [-0.2, -0.15) is 0 Å². The molecule has 2 aromatic rings. The Morgan fingerprint density at radius 3 is 2.44 bits per heavy atom. The van der Waals surface area contributed by atoms with E-state index in [1.54, 1.807) is 12.1 Å². The highest BCUT2D eigenvalue weighted by Crippen LogP contribution is 2.36. The summed E-state index contributed by atoms with van der Waals surface area (Å²) in [6.45, 7) is 1.84. The first-order chi connectivity index (χ1) is 18.8. The minimum Gasteiger partial charge on any atom is -0.370 e. The van der Waals surface area contributed by atoms with Crippen LogP contribution < -0.4 is 15.5 Å². The molecule has 12 heteroatoms. The molecule has 3 amide bonds. The Labute approximate surface area is 234 Å². The number of benzene rings is 1. The molecule has 1 aromatic heterocycles. The molecule has 3 fully saturated rings. The number of nitrogens with zero attached hydrogens (tertiary/aromatic N) is 2. The number of hydrogen-bond acceptors (Lipinski definition) is 6. The predicted molar refractivity (Wildman–Crippen MR) is 146 cm³/mol. The van der Waals surface area contributed by atoms with Crippen molar-refractivity contribution < 1.29 is 27.9 Å². The number of carbonyl (C=O) groups excluding carboxylic acids is 3. The molecule has 39 heavy (non-hydrogen) atoms. The van der Waals surface area contributed by atoms with Crippen molar-refractivity contribution >= 4 is 52.0 Å². The maximum atomic E-state index is 14.0. The van der Waals surface area contributed by atoms with E-state index in [9.17, 15) is 23.2 Å². The van der Waals surface area contributed by atoms with Gasteiger partial charge in [0.15, 0.2) is 0 Å². The van der Waals surface area contributed by atoms with Gasteiger partial charge in [-0.25, -0.2) is 8.78 Å². The number of rotatable bonds is 12. The van der Waals surface area contributed by atoms with E-state index in [4.69, 9.17) is 16.3 Å². The van der Waals surface area contributed by atoms with Gasteiger partial charge in [-0.15, -0.1) is 11.3 Å². The highest BCUT2D eigenvalue weighted by atomic mass is 35.5. The summed E-state index contributed by atoms with van der Waals surface area (Å²) in [4.78, 5) is 42.5. The Hall–Kier alpha value is -2.60. The summed E-state index contributed by atoms with van der Waals surface area (Å²) in [7, 11) is 0. The Bertz CT molecular complexity index is 1210. The molecule has 2 aliphatic carbocycles. The second-order valence-corrected chi connectivity index (χ2v) is 12.0. The lowest BCUT2D eigenvalue weighted by Gasteiger charge is -2.31. The molecule has 1 aliphatic heterocycles. The zero-order valence-corrected chi connectivity index (χ0v) is 22.9. The zero-order valence-electron chi connectivity index (χ0n) is 21.3. The molecule has 2 N–H and O–H groups in total. The number of ether oxygens (including phenoxy) is 1. The quantitative estimate of drug-likeness (QED) is 0.384. The van der Waals surface area contributed by atoms with Gasteiger partial charge in [-0.3, -0.25) is 19.3 Å². The van der Waals surface area contributed by atoms with E-state index < -0.39 is 18.4 Å². The topological polar surface area (TPSA) is 91.0 Å². The highest BCUT2D eigenvalue weighted by Gasteiger charge is 2.36. The lowest BCUT2D eigenvalue weighted by molar-refractivity contribution is -0.125. The second kappa shape index (κ2) is 12.3. The molecule has 210 valence electrons. The van der Waals surface area contributed by atoms with E-state index in [1.165, 1.54) is 23.1 Å². The van der Waals surface area contributed by atoms with Gasteiger partial charge in [0, 0.05) is 37.4 Å². The second-order valence-electron chi connectivity index (χ2n) is 10.3. The van der Waals surface area contributed by atoms with E-state index >= 15 is 0 Å². The lowest BCUT2D eigenvalue weighted by Crippen LogP contribution is -2.52. The van der Waals surface area contributed by atoms with Gasteiger partial charge in [0.25, 0.3) is 18.2 Å². The molecule has 1 saturated heterocycles. The molecule has 2 saturated carbocycles. The normalized spacial score (nSPS) is 18.5. The highest BCUT2D eigenvalue weighted by molar-refractivity contribution is 7.18. The molecule has 3 aliphatic rings. The number of thiophene rings is 1. The summed E-state index contributed by atoms with van der Waals surface area (Å²) in [6, 6.07) is 6.78. The first-order valence-corrected chi connectivity index (χ1v) is 14.4. The number of halogens is 3. The largest absolute Gasteiger partial charge is 0.370 e. The molecule has 1 aromatic carbocycles. The Morgan fingerprint density at radius 1 is 1.13 bits per heavy atom. The summed E-state index contributed by atoms with van der Waals surface area (Å²) < 4.78 is 33.7. The van der Waals surface area contributed by atoms with Gasteiger partial charge in [0.2, 0.25) is 5.91 Å². The summed E-state index contributed by atoms with van der Waals surface area (Å²) in [5, 5.41) is 5.67. The molecule has 0 radical (unpaired) electrons. The fourth-order valence-electron chi connectivity index (χ4n) is 4.74. The third kappa shape index (κ3) is 7.33. The van der Waals surface area contributed by atoms with Gasteiger partial charge in [-0.1, -0.05) is 11.6 Å². The number of nitrogens with one attached hydrogen (secondary N) is 2. The van der Waals surface area contributed by atoms with Crippen LogP contribution in [0.5, 0.6) is 0 Å². The van der Waals surface area contributed by atoms with Crippen LogP contribution in [0.3, 0.4) is 0 Å². The number of amides is 3. The SMILES string of the molecule is O=C(NC[C@@H](C(=O)Nc1ccc(N2CCOCC2=O)c(C(F)F)c1)N(CC1CC1)CC1CC1)c1ccc(Cl)s1. The minimum atomic E-state index is -2.85. The Morgan fingerprint density at radius 2 is 1.85 bits per heavy atom. The number of alkyl halides is 2. The smallest absolute Gasteiger partial charge is 0.265 e. The van der Waals surface area contributed by atoms with Crippen molar-refractivity contribution in [1.29, 1.82) is 0 Å². The molecular formula is C27H31ClF2N4O4S. The van der Waals surface area contributed by atoms with Gasteiger partial charge in [0.05, 0.1) is 21.5 Å². The van der Waals surface area contributed by atoms with Gasteiger partial charge in [-0.05, 0) is 67.9 Å². The summed E-state index contributed by atoms with van der Waals surface area (Å²) in [5.74, 6) is -0.0555. The molecule has 8 nitrogen and oxygen atoms in total. The van der Waals surface area contributed by atoms with Crippen molar-refractivity contribution in [2.45, 2.75) is 38.2 Å². The molecular weight excluding hydrogens is 550 g/mol. The van der Waals surface area contributed by atoms with Crippen molar-refractivity contribution in [3.8, 4) is 0 Å². The molecule has 5 rings (SSSR count). The minimum absolute atomic E-state index is 0.0711. The van der Waals surface area contributed by atoms with Gasteiger partial charge >= 0.3 is 0 Å². The first-order valence-electron chi connectivity index (χ1n) is 13.2. The van der Waals surface area contributed by atoms with Gasteiger partial charge < -0.3 is 20.3 Å². The van der Waals surface area contributed by atoms with Crippen LogP contribution in [0, 0.1) is 11.8 Å². The van der Waals surface area contributed by atoms with Crippen LogP contribution in [0.2, 0.25) is 4.34 Å². The maximum Gasteiger partial charge on any atom is 0.265 e. The van der Waals surface area contributed by atoms with Crippen LogP contribution in [0.15, 0.2) is 30.3 Å². The van der Waals surface area contributed by atoms with Crippen molar-refractivity contribution in [2.24, 2.45) is 11.8 Å². The monoisotopic (exact) mass is 580 g/mol. The first kappa shape index (κ1) is 27.9. The Kier molecular flexibility index (Phi) is 8.80.